The number of aryl methyl sites for hydroxylation is 1. The maximum atomic E-state index is 4.45. The van der Waals surface area contributed by atoms with Crippen molar-refractivity contribution in [3.63, 3.8) is 0 Å². The van der Waals surface area contributed by atoms with Crippen LogP contribution in [0.15, 0.2) is 36.7 Å². The van der Waals surface area contributed by atoms with Crippen LogP contribution >= 0.6 is 0 Å². The molecule has 0 bridgehead atoms. The molecule has 0 saturated carbocycles. The first-order valence-corrected chi connectivity index (χ1v) is 9.14. The van der Waals surface area contributed by atoms with Crippen molar-refractivity contribution < 1.29 is 0 Å². The van der Waals surface area contributed by atoms with Crippen LogP contribution in [-0.2, 0) is 19.4 Å². The van der Waals surface area contributed by atoms with Gasteiger partial charge in [-0.25, -0.2) is 4.98 Å². The number of hydrogen-bond donors (Lipinski definition) is 1. The third-order valence-corrected chi connectivity index (χ3v) is 5.03. The molecule has 3 heteroatoms. The number of rotatable bonds is 5. The lowest BCUT2D eigenvalue weighted by atomic mass is 9.88. The van der Waals surface area contributed by atoms with E-state index in [0.717, 1.165) is 18.9 Å². The number of aromatic nitrogens is 2. The summed E-state index contributed by atoms with van der Waals surface area (Å²) in [5.41, 5.74) is 2.98. The Morgan fingerprint density at radius 2 is 2.00 bits per heavy atom. The maximum Gasteiger partial charge on any atom is 0.108 e. The lowest BCUT2D eigenvalue weighted by Gasteiger charge is -2.22. The molecule has 0 aliphatic carbocycles. The van der Waals surface area contributed by atoms with Gasteiger partial charge in [-0.3, -0.25) is 0 Å². The molecule has 0 spiro atoms. The Hall–Kier alpha value is -1.61. The molecule has 3 nitrogen and oxygen atoms in total. The molecule has 124 valence electrons. The predicted octanol–water partition coefficient (Wildman–Crippen LogP) is 3.82. The molecule has 0 radical (unpaired) electrons. The van der Waals surface area contributed by atoms with Gasteiger partial charge in [0.15, 0.2) is 0 Å². The van der Waals surface area contributed by atoms with Crippen molar-refractivity contribution in [3.8, 4) is 0 Å². The second-order valence-corrected chi connectivity index (χ2v) is 6.70. The molecule has 1 aliphatic heterocycles. The highest BCUT2D eigenvalue weighted by Gasteiger charge is 2.14. The van der Waals surface area contributed by atoms with Crippen molar-refractivity contribution in [2.45, 2.75) is 52.0 Å². The monoisotopic (exact) mass is 311 g/mol. The molecule has 23 heavy (non-hydrogen) atoms. The predicted molar refractivity (Wildman–Crippen MR) is 95.7 cm³/mol. The van der Waals surface area contributed by atoms with Crippen LogP contribution in [0.5, 0.6) is 0 Å². The Labute approximate surface area is 140 Å². The molecular weight excluding hydrogens is 282 g/mol. The van der Waals surface area contributed by atoms with E-state index >= 15 is 0 Å². The number of imidazole rings is 1. The van der Waals surface area contributed by atoms with Crippen LogP contribution in [0.1, 0.15) is 49.6 Å². The van der Waals surface area contributed by atoms with Gasteiger partial charge in [0.2, 0.25) is 0 Å². The molecule has 1 aromatic carbocycles. The first kappa shape index (κ1) is 16.3. The molecule has 2 heterocycles. The van der Waals surface area contributed by atoms with Gasteiger partial charge >= 0.3 is 0 Å². The Morgan fingerprint density at radius 1 is 1.13 bits per heavy atom. The zero-order valence-electron chi connectivity index (χ0n) is 14.3. The number of hydrogen-bond acceptors (Lipinski definition) is 2. The number of nitrogens with one attached hydrogen (secondary N) is 1. The van der Waals surface area contributed by atoms with E-state index in [1.165, 1.54) is 62.1 Å². The van der Waals surface area contributed by atoms with Gasteiger partial charge in [0, 0.05) is 25.4 Å². The van der Waals surface area contributed by atoms with Gasteiger partial charge in [-0.1, -0.05) is 44.0 Å². The van der Waals surface area contributed by atoms with Crippen LogP contribution in [0.2, 0.25) is 0 Å². The molecule has 1 N–H and O–H groups in total. The van der Waals surface area contributed by atoms with Gasteiger partial charge in [-0.05, 0) is 49.4 Å². The fraction of sp³-hybridized carbons (Fsp3) is 0.550. The molecule has 0 amide bonds. The molecule has 1 aliphatic rings. The summed E-state index contributed by atoms with van der Waals surface area (Å²) < 4.78 is 2.29. The average Bonchev–Trinajstić information content (AvgIpc) is 2.99. The highest BCUT2D eigenvalue weighted by molar-refractivity contribution is 5.28. The van der Waals surface area contributed by atoms with Crippen LogP contribution in [0.4, 0.5) is 0 Å². The average molecular weight is 311 g/mol. The normalized spacial score (nSPS) is 19.3. The fourth-order valence-corrected chi connectivity index (χ4v) is 3.67. The zero-order valence-corrected chi connectivity index (χ0v) is 14.3. The van der Waals surface area contributed by atoms with Gasteiger partial charge in [-0.2, -0.15) is 0 Å². The zero-order chi connectivity index (χ0) is 15.9. The largest absolute Gasteiger partial charge is 0.331 e. The molecular formula is C20H29N3. The van der Waals surface area contributed by atoms with Gasteiger partial charge in [0.1, 0.15) is 5.82 Å². The van der Waals surface area contributed by atoms with Crippen LogP contribution < -0.4 is 5.32 Å². The van der Waals surface area contributed by atoms with E-state index in [1.54, 1.807) is 0 Å². The van der Waals surface area contributed by atoms with Crippen molar-refractivity contribution in [1.82, 2.24) is 14.9 Å². The van der Waals surface area contributed by atoms with Gasteiger partial charge in [-0.15, -0.1) is 0 Å². The molecule has 1 fully saturated rings. The van der Waals surface area contributed by atoms with Crippen molar-refractivity contribution in [2.75, 3.05) is 13.1 Å². The van der Waals surface area contributed by atoms with Crippen LogP contribution in [0, 0.1) is 5.92 Å². The second-order valence-electron chi connectivity index (χ2n) is 6.70. The quantitative estimate of drug-likeness (QED) is 0.910. The number of nitrogens with zero attached hydrogens (tertiary/aromatic N) is 2. The van der Waals surface area contributed by atoms with Crippen molar-refractivity contribution in [2.24, 2.45) is 5.92 Å². The summed E-state index contributed by atoms with van der Waals surface area (Å²) in [6.07, 6.45) is 11.6. The first-order valence-electron chi connectivity index (χ1n) is 9.14. The summed E-state index contributed by atoms with van der Waals surface area (Å²) in [5, 5.41) is 3.56. The summed E-state index contributed by atoms with van der Waals surface area (Å²) in [4.78, 5) is 4.45. The van der Waals surface area contributed by atoms with Crippen molar-refractivity contribution >= 4 is 0 Å². The maximum absolute atomic E-state index is 4.45. The highest BCUT2D eigenvalue weighted by atomic mass is 15.1. The smallest absolute Gasteiger partial charge is 0.108 e. The third kappa shape index (κ3) is 4.44. The van der Waals surface area contributed by atoms with E-state index in [0.29, 0.717) is 0 Å². The van der Waals surface area contributed by atoms with E-state index in [9.17, 15) is 0 Å². The van der Waals surface area contributed by atoms with E-state index in [1.807, 2.05) is 6.20 Å². The SMILES string of the molecule is CCc1nccn1Cc1ccccc1CC1CCCCNCC1. The van der Waals surface area contributed by atoms with E-state index in [4.69, 9.17) is 0 Å². The molecule has 3 rings (SSSR count). The van der Waals surface area contributed by atoms with E-state index in [-0.39, 0.29) is 0 Å². The summed E-state index contributed by atoms with van der Waals surface area (Å²) in [5.74, 6) is 1.99. The van der Waals surface area contributed by atoms with Crippen LogP contribution in [0.25, 0.3) is 0 Å². The Kier molecular flexibility index (Phi) is 5.87. The highest BCUT2D eigenvalue weighted by Crippen LogP contribution is 2.22. The first-order chi connectivity index (χ1) is 11.4. The van der Waals surface area contributed by atoms with Gasteiger partial charge < -0.3 is 9.88 Å². The minimum atomic E-state index is 0.817. The third-order valence-electron chi connectivity index (χ3n) is 5.03. The lowest BCUT2D eigenvalue weighted by Crippen LogP contribution is -2.23. The minimum absolute atomic E-state index is 0.817. The summed E-state index contributed by atoms with van der Waals surface area (Å²) in [7, 11) is 0. The lowest BCUT2D eigenvalue weighted by molar-refractivity contribution is 0.386. The number of benzene rings is 1. The topological polar surface area (TPSA) is 29.9 Å². The summed E-state index contributed by atoms with van der Waals surface area (Å²) in [6, 6.07) is 8.97. The van der Waals surface area contributed by atoms with E-state index in [2.05, 4.69) is 52.3 Å². The van der Waals surface area contributed by atoms with Crippen molar-refractivity contribution in [3.05, 3.63) is 53.6 Å². The molecule has 1 unspecified atom stereocenters. The summed E-state index contributed by atoms with van der Waals surface area (Å²) in [6.45, 7) is 5.49. The van der Waals surface area contributed by atoms with Gasteiger partial charge in [0.25, 0.3) is 0 Å². The summed E-state index contributed by atoms with van der Waals surface area (Å²) >= 11 is 0. The van der Waals surface area contributed by atoms with E-state index < -0.39 is 0 Å². The Morgan fingerprint density at radius 3 is 2.87 bits per heavy atom. The second kappa shape index (κ2) is 8.30. The van der Waals surface area contributed by atoms with Crippen LogP contribution in [-0.4, -0.2) is 22.6 Å². The Bertz CT molecular complexity index is 594. The standard InChI is InChI=1S/C20H29N3/c1-2-20-22-13-14-23(20)16-19-9-4-3-8-18(19)15-17-7-5-6-11-21-12-10-17/h3-4,8-9,13-14,17,21H,2,5-7,10-12,15-16H2,1H3. The molecule has 1 aromatic heterocycles. The minimum Gasteiger partial charge on any atom is -0.331 e. The van der Waals surface area contributed by atoms with Crippen LogP contribution in [0.3, 0.4) is 0 Å². The molecule has 2 aromatic rings. The molecule has 1 saturated heterocycles. The van der Waals surface area contributed by atoms with Crippen molar-refractivity contribution in [1.29, 1.82) is 0 Å². The molecule has 1 atom stereocenters. The van der Waals surface area contributed by atoms with Gasteiger partial charge in [0.05, 0.1) is 0 Å². The Balaban J connectivity index is 1.72. The fourth-order valence-electron chi connectivity index (χ4n) is 3.67.